The third kappa shape index (κ3) is 3.18. The van der Waals surface area contributed by atoms with Gasteiger partial charge in [-0.3, -0.25) is 9.59 Å². The number of nitrogens with zero attached hydrogens (tertiary/aromatic N) is 2. The lowest BCUT2D eigenvalue weighted by molar-refractivity contribution is -0.139. The van der Waals surface area contributed by atoms with Crippen molar-refractivity contribution in [1.82, 2.24) is 4.90 Å². The van der Waals surface area contributed by atoms with E-state index >= 15 is 0 Å². The Morgan fingerprint density at radius 1 is 1.05 bits per heavy atom. The third-order valence-electron chi connectivity index (χ3n) is 3.49. The summed E-state index contributed by atoms with van der Waals surface area (Å²) in [5, 5.41) is 0. The second-order valence-corrected chi connectivity index (χ2v) is 6.17. The van der Waals surface area contributed by atoms with Crippen LogP contribution in [0.15, 0.2) is 30.3 Å². The molecule has 20 heavy (non-hydrogen) atoms. The molecule has 1 aromatic carbocycles. The van der Waals surface area contributed by atoms with E-state index in [9.17, 15) is 9.59 Å². The van der Waals surface area contributed by atoms with Crippen LogP contribution in [0.2, 0.25) is 0 Å². The summed E-state index contributed by atoms with van der Waals surface area (Å²) < 4.78 is 0. The number of para-hydroxylation sites is 1. The summed E-state index contributed by atoms with van der Waals surface area (Å²) >= 11 is 0. The Kier molecular flexibility index (Phi) is 4.12. The standard InChI is InChI=1S/C16H22N2O2/c1-16(2,3)15(20)17-10-9-14(19)18(12-11-17)13-7-5-4-6-8-13/h4-8H,9-12H2,1-3H3. The summed E-state index contributed by atoms with van der Waals surface area (Å²) in [4.78, 5) is 28.1. The van der Waals surface area contributed by atoms with Gasteiger partial charge in [-0.05, 0) is 12.1 Å². The number of rotatable bonds is 1. The molecule has 1 aliphatic rings. The molecule has 4 nitrogen and oxygen atoms in total. The van der Waals surface area contributed by atoms with E-state index in [1.807, 2.05) is 51.1 Å². The molecule has 2 amide bonds. The Hall–Kier alpha value is -1.84. The minimum absolute atomic E-state index is 0.0837. The van der Waals surface area contributed by atoms with Crippen LogP contribution in [0.25, 0.3) is 0 Å². The van der Waals surface area contributed by atoms with Gasteiger partial charge in [0.15, 0.2) is 0 Å². The van der Waals surface area contributed by atoms with Gasteiger partial charge in [0, 0.05) is 37.2 Å². The predicted molar refractivity (Wildman–Crippen MR) is 79.4 cm³/mol. The number of carbonyl (C=O) groups excluding carboxylic acids is 2. The highest BCUT2D eigenvalue weighted by molar-refractivity contribution is 5.94. The molecule has 0 aliphatic carbocycles. The summed E-state index contributed by atoms with van der Waals surface area (Å²) in [7, 11) is 0. The van der Waals surface area contributed by atoms with Gasteiger partial charge in [-0.2, -0.15) is 0 Å². The van der Waals surface area contributed by atoms with Gasteiger partial charge >= 0.3 is 0 Å². The van der Waals surface area contributed by atoms with Gasteiger partial charge in [-0.15, -0.1) is 0 Å². The molecule has 1 aromatic rings. The highest BCUT2D eigenvalue weighted by atomic mass is 16.2. The first-order chi connectivity index (χ1) is 9.39. The zero-order chi connectivity index (χ0) is 14.8. The lowest BCUT2D eigenvalue weighted by atomic mass is 9.94. The molecule has 0 bridgehead atoms. The average molecular weight is 274 g/mol. The lowest BCUT2D eigenvalue weighted by Gasteiger charge is -2.28. The first-order valence-electron chi connectivity index (χ1n) is 7.04. The number of hydrogen-bond acceptors (Lipinski definition) is 2. The van der Waals surface area contributed by atoms with Gasteiger partial charge in [0.25, 0.3) is 0 Å². The Morgan fingerprint density at radius 2 is 1.70 bits per heavy atom. The monoisotopic (exact) mass is 274 g/mol. The maximum absolute atomic E-state index is 12.3. The Bertz CT molecular complexity index is 491. The Morgan fingerprint density at radius 3 is 2.30 bits per heavy atom. The molecule has 1 heterocycles. The molecular formula is C16H22N2O2. The van der Waals surface area contributed by atoms with E-state index in [2.05, 4.69) is 0 Å². The van der Waals surface area contributed by atoms with Crippen LogP contribution in [0.3, 0.4) is 0 Å². The summed E-state index contributed by atoms with van der Waals surface area (Å²) in [6.45, 7) is 7.41. The van der Waals surface area contributed by atoms with Crippen LogP contribution in [0.5, 0.6) is 0 Å². The molecule has 4 heteroatoms. The van der Waals surface area contributed by atoms with Crippen LogP contribution in [-0.2, 0) is 9.59 Å². The highest BCUT2D eigenvalue weighted by Crippen LogP contribution is 2.21. The molecule has 0 radical (unpaired) electrons. The molecule has 0 N–H and O–H groups in total. The summed E-state index contributed by atoms with van der Waals surface area (Å²) in [6.07, 6.45) is 0.386. The van der Waals surface area contributed by atoms with Crippen molar-refractivity contribution in [2.24, 2.45) is 5.41 Å². The normalized spacial score (nSPS) is 17.1. The summed E-state index contributed by atoms with van der Waals surface area (Å²) in [5.74, 6) is 0.195. The van der Waals surface area contributed by atoms with E-state index in [0.717, 1.165) is 5.69 Å². The minimum Gasteiger partial charge on any atom is -0.340 e. The molecule has 108 valence electrons. The number of anilines is 1. The Labute approximate surface area is 120 Å². The fourth-order valence-electron chi connectivity index (χ4n) is 2.38. The van der Waals surface area contributed by atoms with Crippen molar-refractivity contribution in [3.05, 3.63) is 30.3 Å². The van der Waals surface area contributed by atoms with Crippen molar-refractivity contribution in [2.45, 2.75) is 27.2 Å². The van der Waals surface area contributed by atoms with Crippen LogP contribution in [0.4, 0.5) is 5.69 Å². The number of amides is 2. The average Bonchev–Trinajstić information content (AvgIpc) is 2.60. The summed E-state index contributed by atoms with van der Waals surface area (Å²) in [5.41, 5.74) is 0.507. The molecule has 0 saturated carbocycles. The van der Waals surface area contributed by atoms with E-state index in [1.165, 1.54) is 0 Å². The largest absolute Gasteiger partial charge is 0.340 e. The Balaban J connectivity index is 2.12. The van der Waals surface area contributed by atoms with Gasteiger partial charge in [-0.1, -0.05) is 39.0 Å². The first kappa shape index (κ1) is 14.6. The van der Waals surface area contributed by atoms with Gasteiger partial charge in [0.2, 0.25) is 11.8 Å². The molecule has 1 saturated heterocycles. The molecule has 0 aromatic heterocycles. The van der Waals surface area contributed by atoms with Gasteiger partial charge < -0.3 is 9.80 Å². The zero-order valence-corrected chi connectivity index (χ0v) is 12.4. The van der Waals surface area contributed by atoms with Crippen molar-refractivity contribution in [1.29, 1.82) is 0 Å². The van der Waals surface area contributed by atoms with Crippen LogP contribution in [-0.4, -0.2) is 36.3 Å². The van der Waals surface area contributed by atoms with Crippen molar-refractivity contribution in [3.63, 3.8) is 0 Å². The quantitative estimate of drug-likeness (QED) is 0.788. The molecule has 0 atom stereocenters. The van der Waals surface area contributed by atoms with Gasteiger partial charge in [0.1, 0.15) is 0 Å². The first-order valence-corrected chi connectivity index (χ1v) is 7.04. The topological polar surface area (TPSA) is 40.6 Å². The van der Waals surface area contributed by atoms with Crippen LogP contribution >= 0.6 is 0 Å². The van der Waals surface area contributed by atoms with Crippen LogP contribution in [0, 0.1) is 5.41 Å². The summed E-state index contributed by atoms with van der Waals surface area (Å²) in [6, 6.07) is 9.64. The van der Waals surface area contributed by atoms with Crippen LogP contribution < -0.4 is 4.90 Å². The van der Waals surface area contributed by atoms with E-state index in [0.29, 0.717) is 26.1 Å². The highest BCUT2D eigenvalue weighted by Gasteiger charge is 2.30. The fraction of sp³-hybridized carbons (Fsp3) is 0.500. The predicted octanol–water partition coefficient (Wildman–Crippen LogP) is 2.30. The van der Waals surface area contributed by atoms with E-state index in [-0.39, 0.29) is 11.8 Å². The second kappa shape index (κ2) is 5.65. The zero-order valence-electron chi connectivity index (χ0n) is 12.4. The third-order valence-corrected chi connectivity index (χ3v) is 3.49. The van der Waals surface area contributed by atoms with Crippen molar-refractivity contribution in [3.8, 4) is 0 Å². The maximum Gasteiger partial charge on any atom is 0.228 e. The number of hydrogen-bond donors (Lipinski definition) is 0. The van der Waals surface area contributed by atoms with Crippen LogP contribution in [0.1, 0.15) is 27.2 Å². The maximum atomic E-state index is 12.3. The van der Waals surface area contributed by atoms with Gasteiger partial charge in [0.05, 0.1) is 0 Å². The van der Waals surface area contributed by atoms with Gasteiger partial charge in [-0.25, -0.2) is 0 Å². The van der Waals surface area contributed by atoms with Crippen molar-refractivity contribution in [2.75, 3.05) is 24.5 Å². The van der Waals surface area contributed by atoms with E-state index in [1.54, 1.807) is 9.80 Å². The molecule has 1 fully saturated rings. The minimum atomic E-state index is -0.398. The molecule has 0 spiro atoms. The van der Waals surface area contributed by atoms with E-state index < -0.39 is 5.41 Å². The molecule has 2 rings (SSSR count). The lowest BCUT2D eigenvalue weighted by Crippen LogP contribution is -2.41. The smallest absolute Gasteiger partial charge is 0.228 e. The SMILES string of the molecule is CC(C)(C)C(=O)N1CCC(=O)N(c2ccccc2)CC1. The fourth-order valence-corrected chi connectivity index (χ4v) is 2.38. The number of benzene rings is 1. The molecular weight excluding hydrogens is 252 g/mol. The molecule has 0 unspecified atom stereocenters. The van der Waals surface area contributed by atoms with E-state index in [4.69, 9.17) is 0 Å². The number of carbonyl (C=O) groups is 2. The second-order valence-electron chi connectivity index (χ2n) is 6.17. The van der Waals surface area contributed by atoms with Crippen molar-refractivity contribution >= 4 is 17.5 Å². The van der Waals surface area contributed by atoms with Crippen molar-refractivity contribution < 1.29 is 9.59 Å². The molecule has 1 aliphatic heterocycles.